The van der Waals surface area contributed by atoms with Crippen molar-refractivity contribution >= 4 is 18.4 Å². The van der Waals surface area contributed by atoms with E-state index in [9.17, 15) is 4.79 Å². The Morgan fingerprint density at radius 2 is 2.39 bits per heavy atom. The van der Waals surface area contributed by atoms with Gasteiger partial charge < -0.3 is 14.9 Å². The first-order valence-corrected chi connectivity index (χ1v) is 5.84. The number of nitrogens with two attached hydrogens (primary N) is 1. The second kappa shape index (κ2) is 6.78. The van der Waals surface area contributed by atoms with Gasteiger partial charge in [0.05, 0.1) is 13.7 Å². The van der Waals surface area contributed by atoms with E-state index in [2.05, 4.69) is 9.64 Å². The first kappa shape index (κ1) is 15.0. The normalized spacial score (nSPS) is 20.2. The van der Waals surface area contributed by atoms with Gasteiger partial charge in [-0.2, -0.15) is 0 Å². The van der Waals surface area contributed by atoms with E-state index in [-0.39, 0.29) is 24.2 Å². The Bertz CT molecular complexity index is 394. The molecule has 1 aromatic heterocycles. The highest BCUT2D eigenvalue weighted by Crippen LogP contribution is 2.15. The molecule has 1 aliphatic heterocycles. The van der Waals surface area contributed by atoms with Crippen LogP contribution < -0.4 is 5.73 Å². The zero-order valence-electron chi connectivity index (χ0n) is 10.4. The van der Waals surface area contributed by atoms with Crippen molar-refractivity contribution in [2.75, 3.05) is 20.2 Å². The molecule has 0 saturated carbocycles. The van der Waals surface area contributed by atoms with Crippen LogP contribution in [0.2, 0.25) is 0 Å². The number of piperidine rings is 1. The summed E-state index contributed by atoms with van der Waals surface area (Å²) in [4.78, 5) is 13.5. The molecule has 102 valence electrons. The van der Waals surface area contributed by atoms with Crippen LogP contribution in [0.4, 0.5) is 0 Å². The maximum Gasteiger partial charge on any atom is 0.373 e. The Morgan fingerprint density at radius 3 is 3.06 bits per heavy atom. The van der Waals surface area contributed by atoms with E-state index in [0.29, 0.717) is 6.54 Å². The van der Waals surface area contributed by atoms with Crippen molar-refractivity contribution in [2.45, 2.75) is 25.4 Å². The quantitative estimate of drug-likeness (QED) is 0.844. The minimum Gasteiger partial charge on any atom is -0.463 e. The molecular weight excluding hydrogens is 256 g/mol. The molecule has 1 aliphatic rings. The van der Waals surface area contributed by atoms with E-state index in [1.54, 1.807) is 6.07 Å². The lowest BCUT2D eigenvalue weighted by atomic mass is 10.1. The van der Waals surface area contributed by atoms with Crippen LogP contribution in [0.15, 0.2) is 16.5 Å². The van der Waals surface area contributed by atoms with Gasteiger partial charge in [-0.3, -0.25) is 4.90 Å². The molecule has 18 heavy (non-hydrogen) atoms. The van der Waals surface area contributed by atoms with Crippen LogP contribution in [0.25, 0.3) is 0 Å². The van der Waals surface area contributed by atoms with Crippen molar-refractivity contribution < 1.29 is 13.9 Å². The molecule has 0 radical (unpaired) electrons. The van der Waals surface area contributed by atoms with Gasteiger partial charge in [-0.25, -0.2) is 4.79 Å². The predicted molar refractivity (Wildman–Crippen MR) is 69.8 cm³/mol. The Labute approximate surface area is 113 Å². The highest BCUT2D eigenvalue weighted by atomic mass is 35.5. The lowest BCUT2D eigenvalue weighted by Crippen LogP contribution is -2.42. The van der Waals surface area contributed by atoms with Gasteiger partial charge in [0.2, 0.25) is 5.76 Å². The molecule has 5 nitrogen and oxygen atoms in total. The van der Waals surface area contributed by atoms with Crippen molar-refractivity contribution in [2.24, 2.45) is 5.73 Å². The SMILES string of the molecule is COC(=O)c1ccc(CN2CCCC(N)C2)o1.Cl. The third kappa shape index (κ3) is 3.73. The minimum absolute atomic E-state index is 0. The van der Waals surface area contributed by atoms with E-state index < -0.39 is 5.97 Å². The van der Waals surface area contributed by atoms with Gasteiger partial charge in [0.15, 0.2) is 0 Å². The molecule has 2 rings (SSSR count). The monoisotopic (exact) mass is 274 g/mol. The average molecular weight is 275 g/mol. The van der Waals surface area contributed by atoms with Crippen LogP contribution in [0, 0.1) is 0 Å². The summed E-state index contributed by atoms with van der Waals surface area (Å²) in [7, 11) is 1.34. The zero-order valence-corrected chi connectivity index (χ0v) is 11.2. The highest BCUT2D eigenvalue weighted by Gasteiger charge is 2.18. The van der Waals surface area contributed by atoms with Gasteiger partial charge >= 0.3 is 5.97 Å². The predicted octanol–water partition coefficient (Wildman–Crippen LogP) is 1.41. The van der Waals surface area contributed by atoms with E-state index in [1.165, 1.54) is 7.11 Å². The fourth-order valence-electron chi connectivity index (χ4n) is 2.13. The van der Waals surface area contributed by atoms with E-state index in [4.69, 9.17) is 10.2 Å². The fraction of sp³-hybridized carbons (Fsp3) is 0.583. The summed E-state index contributed by atoms with van der Waals surface area (Å²) in [5.74, 6) is 0.593. The Morgan fingerprint density at radius 1 is 1.61 bits per heavy atom. The van der Waals surface area contributed by atoms with Crippen LogP contribution in [0.1, 0.15) is 29.2 Å². The summed E-state index contributed by atoms with van der Waals surface area (Å²) >= 11 is 0. The molecule has 0 spiro atoms. The average Bonchev–Trinajstić information content (AvgIpc) is 2.76. The third-order valence-corrected chi connectivity index (χ3v) is 2.97. The van der Waals surface area contributed by atoms with Gasteiger partial charge in [0.25, 0.3) is 0 Å². The summed E-state index contributed by atoms with van der Waals surface area (Å²) in [5, 5.41) is 0. The lowest BCUT2D eigenvalue weighted by Gasteiger charge is -2.29. The fourth-order valence-corrected chi connectivity index (χ4v) is 2.13. The Balaban J connectivity index is 0.00000162. The number of halogens is 1. The number of nitrogens with zero attached hydrogens (tertiary/aromatic N) is 1. The maximum absolute atomic E-state index is 11.2. The number of carbonyl (C=O) groups excluding carboxylic acids is 1. The summed E-state index contributed by atoms with van der Waals surface area (Å²) in [6, 6.07) is 3.70. The number of likely N-dealkylation sites (tertiary alicyclic amines) is 1. The number of hydrogen-bond donors (Lipinski definition) is 1. The lowest BCUT2D eigenvalue weighted by molar-refractivity contribution is 0.0560. The van der Waals surface area contributed by atoms with Crippen molar-refractivity contribution in [3.8, 4) is 0 Å². The summed E-state index contributed by atoms with van der Waals surface area (Å²) in [5.41, 5.74) is 5.91. The second-order valence-corrected chi connectivity index (χ2v) is 4.39. The molecule has 0 aliphatic carbocycles. The molecule has 0 aromatic carbocycles. The summed E-state index contributed by atoms with van der Waals surface area (Å²) in [6.45, 7) is 2.61. The molecule has 1 atom stereocenters. The molecule has 6 heteroatoms. The molecule has 1 aromatic rings. The Kier molecular flexibility index (Phi) is 5.65. The second-order valence-electron chi connectivity index (χ2n) is 4.39. The standard InChI is InChI=1S/C12H18N2O3.ClH/c1-16-12(15)11-5-4-10(17-11)8-14-6-2-3-9(13)7-14;/h4-5,9H,2-3,6-8,13H2,1H3;1H. The molecule has 2 N–H and O–H groups in total. The highest BCUT2D eigenvalue weighted by molar-refractivity contribution is 5.86. The molecule has 1 saturated heterocycles. The van der Waals surface area contributed by atoms with E-state index in [1.807, 2.05) is 6.07 Å². The topological polar surface area (TPSA) is 68.7 Å². The number of hydrogen-bond acceptors (Lipinski definition) is 5. The Hall–Kier alpha value is -1.04. The minimum atomic E-state index is -0.438. The number of rotatable bonds is 3. The van der Waals surface area contributed by atoms with Crippen LogP contribution in [-0.2, 0) is 11.3 Å². The van der Waals surface area contributed by atoms with Gasteiger partial charge in [-0.15, -0.1) is 12.4 Å². The number of furan rings is 1. The van der Waals surface area contributed by atoms with Crippen LogP contribution in [0.5, 0.6) is 0 Å². The number of esters is 1. The van der Waals surface area contributed by atoms with Crippen molar-refractivity contribution in [1.29, 1.82) is 0 Å². The molecule has 0 amide bonds. The largest absolute Gasteiger partial charge is 0.463 e. The van der Waals surface area contributed by atoms with Gasteiger partial charge in [0, 0.05) is 12.6 Å². The smallest absolute Gasteiger partial charge is 0.373 e. The zero-order chi connectivity index (χ0) is 12.3. The molecule has 1 fully saturated rings. The molecule has 2 heterocycles. The van der Waals surface area contributed by atoms with Crippen molar-refractivity contribution in [3.63, 3.8) is 0 Å². The molecule has 0 bridgehead atoms. The first-order chi connectivity index (χ1) is 8.19. The third-order valence-electron chi connectivity index (χ3n) is 2.97. The van der Waals surface area contributed by atoms with Crippen LogP contribution in [-0.4, -0.2) is 37.1 Å². The number of ether oxygens (including phenoxy) is 1. The first-order valence-electron chi connectivity index (χ1n) is 5.84. The number of methoxy groups -OCH3 is 1. The van der Waals surface area contributed by atoms with Crippen LogP contribution in [0.3, 0.4) is 0 Å². The van der Waals surface area contributed by atoms with Crippen molar-refractivity contribution in [3.05, 3.63) is 23.7 Å². The van der Waals surface area contributed by atoms with Gasteiger partial charge in [0.1, 0.15) is 5.76 Å². The summed E-state index contributed by atoms with van der Waals surface area (Å²) < 4.78 is 10.0. The van der Waals surface area contributed by atoms with Crippen molar-refractivity contribution in [1.82, 2.24) is 4.90 Å². The summed E-state index contributed by atoms with van der Waals surface area (Å²) in [6.07, 6.45) is 2.20. The van der Waals surface area contributed by atoms with Gasteiger partial charge in [-0.05, 0) is 31.5 Å². The molecular formula is C12H19ClN2O3. The maximum atomic E-state index is 11.2. The number of carbonyl (C=O) groups is 1. The van der Waals surface area contributed by atoms with E-state index >= 15 is 0 Å². The van der Waals surface area contributed by atoms with Gasteiger partial charge in [-0.1, -0.05) is 0 Å². The molecule has 1 unspecified atom stereocenters. The van der Waals surface area contributed by atoms with Crippen LogP contribution >= 0.6 is 12.4 Å². The van der Waals surface area contributed by atoms with E-state index in [0.717, 1.165) is 31.7 Å².